The highest BCUT2D eigenvalue weighted by molar-refractivity contribution is 6.31. The van der Waals surface area contributed by atoms with Gasteiger partial charge >= 0.3 is 12.0 Å². The Bertz CT molecular complexity index is 1230. The number of esters is 1. The number of methoxy groups -OCH3 is 1. The van der Waals surface area contributed by atoms with E-state index >= 15 is 0 Å². The molecule has 1 aliphatic heterocycles. The maximum atomic E-state index is 13.0. The van der Waals surface area contributed by atoms with Crippen LogP contribution in [0.3, 0.4) is 0 Å². The van der Waals surface area contributed by atoms with Gasteiger partial charge in [-0.15, -0.1) is 0 Å². The molecule has 8 nitrogen and oxygen atoms in total. The first-order chi connectivity index (χ1) is 15.0. The zero-order chi connectivity index (χ0) is 22.0. The van der Waals surface area contributed by atoms with Crippen LogP contribution in [0.5, 0.6) is 0 Å². The molecule has 31 heavy (non-hydrogen) atoms. The third-order valence-corrected chi connectivity index (χ3v) is 5.02. The lowest BCUT2D eigenvalue weighted by Crippen LogP contribution is -2.53. The fourth-order valence-electron chi connectivity index (χ4n) is 3.48. The molecule has 0 radical (unpaired) electrons. The fourth-order valence-corrected chi connectivity index (χ4v) is 3.48. The van der Waals surface area contributed by atoms with Crippen LogP contribution < -0.4 is 5.32 Å². The minimum Gasteiger partial charge on any atom is -0.468 e. The van der Waals surface area contributed by atoms with E-state index in [4.69, 9.17) is 4.74 Å². The Hall–Kier alpha value is -4.20. The molecule has 0 aliphatic carbocycles. The van der Waals surface area contributed by atoms with E-state index in [9.17, 15) is 19.2 Å². The van der Waals surface area contributed by atoms with Crippen molar-refractivity contribution in [2.75, 3.05) is 7.11 Å². The van der Waals surface area contributed by atoms with E-state index in [0.29, 0.717) is 5.56 Å². The fraction of sp³-hybridized carbons (Fsp3) is 0.130. The number of benzene rings is 2. The summed E-state index contributed by atoms with van der Waals surface area (Å²) in [6, 6.07) is 15.6. The van der Waals surface area contributed by atoms with Gasteiger partial charge in [0, 0.05) is 22.7 Å². The molecular formula is C23H19N3O5. The third kappa shape index (κ3) is 3.95. The largest absolute Gasteiger partial charge is 0.468 e. The molecule has 2 heterocycles. The molecule has 0 atom stereocenters. The number of fused-ring (bicyclic) bond motifs is 1. The standard InChI is InChI=1S/C23H19N3O5/c1-31-20(27)14-25-13-16(17-9-5-6-10-19(17)25)11-18-21(28)24-23(30)26(22(18)29)12-15-7-3-2-4-8-15/h2-11,13H,12,14H2,1H3,(H,24,28,30)/b18-11+. The van der Waals surface area contributed by atoms with Gasteiger partial charge in [-0.1, -0.05) is 48.5 Å². The molecule has 0 unspecified atom stereocenters. The number of urea groups is 1. The maximum absolute atomic E-state index is 13.0. The van der Waals surface area contributed by atoms with Crippen LogP contribution in [-0.2, 0) is 32.2 Å². The summed E-state index contributed by atoms with van der Waals surface area (Å²) in [5.41, 5.74) is 1.93. The number of para-hydroxylation sites is 1. The molecule has 1 aliphatic rings. The minimum atomic E-state index is -0.760. The Morgan fingerprint density at radius 3 is 2.48 bits per heavy atom. The van der Waals surface area contributed by atoms with Gasteiger partial charge in [-0.25, -0.2) is 4.79 Å². The van der Waals surface area contributed by atoms with Crippen molar-refractivity contribution in [2.24, 2.45) is 0 Å². The molecule has 1 saturated heterocycles. The molecule has 4 amide bonds. The average Bonchev–Trinajstić information content (AvgIpc) is 3.12. The predicted octanol–water partition coefficient (Wildman–Crippen LogP) is 2.48. The monoisotopic (exact) mass is 417 g/mol. The number of hydrogen-bond acceptors (Lipinski definition) is 5. The van der Waals surface area contributed by atoms with Crippen molar-refractivity contribution in [1.82, 2.24) is 14.8 Å². The second-order valence-corrected chi connectivity index (χ2v) is 7.00. The number of carbonyl (C=O) groups excluding carboxylic acids is 4. The summed E-state index contributed by atoms with van der Waals surface area (Å²) >= 11 is 0. The van der Waals surface area contributed by atoms with Crippen LogP contribution in [0, 0.1) is 0 Å². The van der Waals surface area contributed by atoms with Gasteiger partial charge < -0.3 is 9.30 Å². The van der Waals surface area contributed by atoms with E-state index in [1.54, 1.807) is 35.0 Å². The van der Waals surface area contributed by atoms with Gasteiger partial charge in [0.05, 0.1) is 13.7 Å². The molecule has 8 heteroatoms. The Balaban J connectivity index is 1.72. The highest BCUT2D eigenvalue weighted by atomic mass is 16.5. The van der Waals surface area contributed by atoms with Gasteiger partial charge in [0.2, 0.25) is 0 Å². The van der Waals surface area contributed by atoms with Crippen molar-refractivity contribution in [3.63, 3.8) is 0 Å². The lowest BCUT2D eigenvalue weighted by atomic mass is 10.1. The van der Waals surface area contributed by atoms with Crippen molar-refractivity contribution in [2.45, 2.75) is 13.1 Å². The number of nitrogens with one attached hydrogen (secondary N) is 1. The number of imide groups is 2. The number of barbiturate groups is 1. The number of rotatable bonds is 5. The topological polar surface area (TPSA) is 97.7 Å². The zero-order valence-corrected chi connectivity index (χ0v) is 16.7. The van der Waals surface area contributed by atoms with Crippen LogP contribution in [0.25, 0.3) is 17.0 Å². The minimum absolute atomic E-state index is 0.0149. The normalized spacial score (nSPS) is 15.5. The zero-order valence-electron chi connectivity index (χ0n) is 16.7. The Kier molecular flexibility index (Phi) is 5.36. The molecule has 1 fully saturated rings. The van der Waals surface area contributed by atoms with Crippen molar-refractivity contribution in [1.29, 1.82) is 0 Å². The quantitative estimate of drug-likeness (QED) is 0.391. The van der Waals surface area contributed by atoms with Crippen LogP contribution >= 0.6 is 0 Å². The van der Waals surface area contributed by atoms with E-state index in [2.05, 4.69) is 5.32 Å². The second kappa shape index (κ2) is 8.27. The molecule has 156 valence electrons. The van der Waals surface area contributed by atoms with Crippen molar-refractivity contribution in [3.8, 4) is 0 Å². The molecule has 0 bridgehead atoms. The Morgan fingerprint density at radius 1 is 1.03 bits per heavy atom. The van der Waals surface area contributed by atoms with Crippen molar-refractivity contribution in [3.05, 3.63) is 77.5 Å². The van der Waals surface area contributed by atoms with Gasteiger partial charge in [-0.3, -0.25) is 24.6 Å². The maximum Gasteiger partial charge on any atom is 0.331 e. The van der Waals surface area contributed by atoms with Crippen LogP contribution in [0.1, 0.15) is 11.1 Å². The summed E-state index contributed by atoms with van der Waals surface area (Å²) in [6.07, 6.45) is 3.12. The van der Waals surface area contributed by atoms with Crippen LogP contribution in [0.4, 0.5) is 4.79 Å². The number of amides is 4. The second-order valence-electron chi connectivity index (χ2n) is 7.00. The predicted molar refractivity (Wildman–Crippen MR) is 112 cm³/mol. The molecule has 0 saturated carbocycles. The van der Waals surface area contributed by atoms with Crippen molar-refractivity contribution >= 4 is 40.8 Å². The van der Waals surface area contributed by atoms with E-state index < -0.39 is 23.8 Å². The van der Waals surface area contributed by atoms with Gasteiger partial charge in [-0.2, -0.15) is 0 Å². The Labute approximate surface area is 177 Å². The molecule has 4 rings (SSSR count). The molecule has 1 aromatic heterocycles. The first-order valence-electron chi connectivity index (χ1n) is 9.55. The van der Waals surface area contributed by atoms with Crippen LogP contribution in [0.2, 0.25) is 0 Å². The van der Waals surface area contributed by atoms with E-state index in [1.807, 2.05) is 30.3 Å². The van der Waals surface area contributed by atoms with Gasteiger partial charge in [0.25, 0.3) is 11.8 Å². The summed E-state index contributed by atoms with van der Waals surface area (Å²) in [6.45, 7) is 0.0270. The van der Waals surface area contributed by atoms with E-state index in [0.717, 1.165) is 21.4 Å². The highest BCUT2D eigenvalue weighted by Gasteiger charge is 2.35. The first kappa shape index (κ1) is 20.1. The SMILES string of the molecule is COC(=O)Cn1cc(/C=C2\C(=O)NC(=O)N(Cc3ccccc3)C2=O)c2ccccc21. The summed E-state index contributed by atoms with van der Waals surface area (Å²) in [7, 11) is 1.31. The average molecular weight is 417 g/mol. The van der Waals surface area contributed by atoms with Gasteiger partial charge in [0.15, 0.2) is 0 Å². The lowest BCUT2D eigenvalue weighted by molar-refractivity contribution is -0.141. The molecule has 3 aromatic rings. The summed E-state index contributed by atoms with van der Waals surface area (Å²) in [4.78, 5) is 50.5. The lowest BCUT2D eigenvalue weighted by Gasteiger charge is -2.26. The van der Waals surface area contributed by atoms with Gasteiger partial charge in [-0.05, 0) is 17.7 Å². The number of aromatic nitrogens is 1. The summed E-state index contributed by atoms with van der Waals surface area (Å²) in [5, 5.41) is 2.98. The molecule has 2 aromatic carbocycles. The smallest absolute Gasteiger partial charge is 0.331 e. The number of hydrogen-bond donors (Lipinski definition) is 1. The number of carbonyl (C=O) groups is 4. The third-order valence-electron chi connectivity index (χ3n) is 5.02. The van der Waals surface area contributed by atoms with Crippen LogP contribution in [0.15, 0.2) is 66.4 Å². The summed E-state index contributed by atoms with van der Waals surface area (Å²) in [5.74, 6) is -1.86. The van der Waals surface area contributed by atoms with E-state index in [1.165, 1.54) is 13.2 Å². The summed E-state index contributed by atoms with van der Waals surface area (Å²) < 4.78 is 6.43. The van der Waals surface area contributed by atoms with Crippen molar-refractivity contribution < 1.29 is 23.9 Å². The van der Waals surface area contributed by atoms with Gasteiger partial charge in [0.1, 0.15) is 12.1 Å². The number of nitrogens with zero attached hydrogens (tertiary/aromatic N) is 2. The molecular weight excluding hydrogens is 398 g/mol. The highest BCUT2D eigenvalue weighted by Crippen LogP contribution is 2.25. The number of ether oxygens (including phenoxy) is 1. The first-order valence-corrected chi connectivity index (χ1v) is 9.55. The Morgan fingerprint density at radius 2 is 1.74 bits per heavy atom. The molecule has 0 spiro atoms. The van der Waals surface area contributed by atoms with Crippen LogP contribution in [-0.4, -0.2) is 40.4 Å². The van der Waals surface area contributed by atoms with E-state index in [-0.39, 0.29) is 18.7 Å². The molecule has 1 N–H and O–H groups in total.